The summed E-state index contributed by atoms with van der Waals surface area (Å²) in [6.07, 6.45) is 3.17. The maximum Gasteiger partial charge on any atom is 0.235 e. The van der Waals surface area contributed by atoms with Crippen molar-refractivity contribution in [1.29, 1.82) is 0 Å². The van der Waals surface area contributed by atoms with E-state index in [1.807, 2.05) is 11.0 Å². The van der Waals surface area contributed by atoms with Gasteiger partial charge < -0.3 is 20.0 Å². The molecule has 0 spiro atoms. The van der Waals surface area contributed by atoms with E-state index >= 15 is 0 Å². The number of alkyl halides is 1. The van der Waals surface area contributed by atoms with E-state index in [9.17, 15) is 4.39 Å². The molecule has 0 aromatic carbocycles. The Morgan fingerprint density at radius 3 is 2.59 bits per heavy atom. The Balaban J connectivity index is 1.42. The van der Waals surface area contributed by atoms with Gasteiger partial charge in [0.05, 0.1) is 6.54 Å². The van der Waals surface area contributed by atoms with Gasteiger partial charge in [0.2, 0.25) is 17.8 Å². The largest absolute Gasteiger partial charge is 0.339 e. The molecule has 1 aliphatic carbocycles. The lowest BCUT2D eigenvalue weighted by Crippen LogP contribution is -2.31. The fourth-order valence-corrected chi connectivity index (χ4v) is 3.96. The van der Waals surface area contributed by atoms with Crippen molar-refractivity contribution in [2.75, 3.05) is 61.4 Å². The van der Waals surface area contributed by atoms with E-state index in [4.69, 9.17) is 4.98 Å². The van der Waals surface area contributed by atoms with Crippen molar-refractivity contribution in [3.63, 3.8) is 0 Å². The van der Waals surface area contributed by atoms with Gasteiger partial charge in [0.1, 0.15) is 6.17 Å². The molecule has 2 saturated heterocycles. The molecule has 2 aliphatic heterocycles. The monoisotopic (exact) mass is 401 g/mol. The number of rotatable bonds is 5. The zero-order chi connectivity index (χ0) is 19.8. The molecule has 10 heteroatoms. The Hall–Kier alpha value is -2.49. The second kappa shape index (κ2) is 7.74. The number of aromatic nitrogens is 5. The molecular formula is C19H28FN9. The SMILES string of the molecule is CN1CCCN(c2nc(Nc3cc(C4CC4)[nH]n3)nc(N3CC[C@@H](F)C3)n2)CC1. The number of aromatic amines is 1. The zero-order valence-electron chi connectivity index (χ0n) is 16.8. The van der Waals surface area contributed by atoms with Crippen molar-refractivity contribution >= 4 is 23.7 Å². The molecule has 9 nitrogen and oxygen atoms in total. The van der Waals surface area contributed by atoms with E-state index in [2.05, 4.69) is 42.3 Å². The molecule has 156 valence electrons. The van der Waals surface area contributed by atoms with Gasteiger partial charge in [-0.15, -0.1) is 0 Å². The number of nitrogens with zero attached hydrogens (tertiary/aromatic N) is 7. The highest BCUT2D eigenvalue weighted by molar-refractivity contribution is 5.53. The minimum atomic E-state index is -0.828. The van der Waals surface area contributed by atoms with Gasteiger partial charge in [-0.05, 0) is 39.3 Å². The molecule has 4 heterocycles. The minimum absolute atomic E-state index is 0.333. The van der Waals surface area contributed by atoms with Gasteiger partial charge in [0.15, 0.2) is 5.82 Å². The summed E-state index contributed by atoms with van der Waals surface area (Å²) < 4.78 is 13.8. The summed E-state index contributed by atoms with van der Waals surface area (Å²) in [4.78, 5) is 20.4. The third-order valence-corrected chi connectivity index (χ3v) is 5.88. The number of likely N-dealkylation sites (N-methyl/N-ethyl adjacent to an activating group) is 1. The Kier molecular flexibility index (Phi) is 4.94. The average Bonchev–Trinajstić information content (AvgIpc) is 3.37. The molecule has 0 bridgehead atoms. The first kappa shape index (κ1) is 18.5. The van der Waals surface area contributed by atoms with Crippen LogP contribution < -0.4 is 15.1 Å². The zero-order valence-corrected chi connectivity index (χ0v) is 16.8. The lowest BCUT2D eigenvalue weighted by molar-refractivity contribution is 0.360. The molecule has 29 heavy (non-hydrogen) atoms. The maximum absolute atomic E-state index is 13.8. The second-order valence-corrected chi connectivity index (χ2v) is 8.34. The Labute approximate surface area is 169 Å². The normalized spacial score (nSPS) is 23.4. The standard InChI is InChI=1S/C19H28FN9/c1-27-6-2-7-28(10-9-27)18-22-17(21-16-11-15(25-26-16)13-3-4-13)23-19(24-18)29-8-5-14(20)12-29/h11,13-14H,2-10,12H2,1H3,(H2,21,22,23,24,25,26)/t14-/m1/s1. The smallest absolute Gasteiger partial charge is 0.235 e. The van der Waals surface area contributed by atoms with E-state index in [0.717, 1.165) is 38.3 Å². The van der Waals surface area contributed by atoms with Gasteiger partial charge in [-0.2, -0.15) is 20.1 Å². The highest BCUT2D eigenvalue weighted by Crippen LogP contribution is 2.39. The second-order valence-electron chi connectivity index (χ2n) is 8.34. The maximum atomic E-state index is 13.8. The van der Waals surface area contributed by atoms with Crippen LogP contribution in [0.3, 0.4) is 0 Å². The molecule has 5 rings (SSSR count). The molecule has 0 radical (unpaired) electrons. The van der Waals surface area contributed by atoms with Gasteiger partial charge >= 0.3 is 0 Å². The Morgan fingerprint density at radius 2 is 1.83 bits per heavy atom. The van der Waals surface area contributed by atoms with E-state index in [-0.39, 0.29) is 0 Å². The van der Waals surface area contributed by atoms with Gasteiger partial charge in [0, 0.05) is 43.9 Å². The number of hydrogen-bond acceptors (Lipinski definition) is 8. The fraction of sp³-hybridized carbons (Fsp3) is 0.684. The first-order valence-electron chi connectivity index (χ1n) is 10.5. The van der Waals surface area contributed by atoms with Gasteiger partial charge in [-0.1, -0.05) is 0 Å². The molecule has 0 amide bonds. The fourth-order valence-electron chi connectivity index (χ4n) is 3.96. The van der Waals surface area contributed by atoms with Crippen LogP contribution in [-0.2, 0) is 0 Å². The molecule has 2 N–H and O–H groups in total. The summed E-state index contributed by atoms with van der Waals surface area (Å²) in [6, 6.07) is 2.02. The Bertz CT molecular complexity index is 852. The first-order chi connectivity index (χ1) is 14.1. The first-order valence-corrected chi connectivity index (χ1v) is 10.5. The molecule has 1 saturated carbocycles. The van der Waals surface area contributed by atoms with Gasteiger partial charge in [-0.3, -0.25) is 5.10 Å². The van der Waals surface area contributed by atoms with Crippen molar-refractivity contribution in [2.24, 2.45) is 0 Å². The molecule has 0 unspecified atom stereocenters. The van der Waals surface area contributed by atoms with Crippen molar-refractivity contribution in [3.8, 4) is 0 Å². The predicted molar refractivity (Wildman–Crippen MR) is 110 cm³/mol. The van der Waals surface area contributed by atoms with Crippen molar-refractivity contribution in [2.45, 2.75) is 37.8 Å². The quantitative estimate of drug-likeness (QED) is 0.785. The van der Waals surface area contributed by atoms with E-state index in [1.54, 1.807) is 0 Å². The highest BCUT2D eigenvalue weighted by Gasteiger charge is 2.27. The van der Waals surface area contributed by atoms with Crippen LogP contribution in [0.5, 0.6) is 0 Å². The van der Waals surface area contributed by atoms with E-state index in [0.29, 0.717) is 49.1 Å². The van der Waals surface area contributed by atoms with Crippen LogP contribution >= 0.6 is 0 Å². The van der Waals surface area contributed by atoms with Crippen LogP contribution in [0.15, 0.2) is 6.07 Å². The summed E-state index contributed by atoms with van der Waals surface area (Å²) in [5.74, 6) is 2.94. The number of anilines is 4. The predicted octanol–water partition coefficient (Wildman–Crippen LogP) is 1.91. The van der Waals surface area contributed by atoms with E-state index in [1.165, 1.54) is 12.8 Å². The lowest BCUT2D eigenvalue weighted by atomic mass is 10.3. The summed E-state index contributed by atoms with van der Waals surface area (Å²) >= 11 is 0. The molecular weight excluding hydrogens is 373 g/mol. The molecule has 2 aromatic rings. The summed E-state index contributed by atoms with van der Waals surface area (Å²) in [6.45, 7) is 4.74. The van der Waals surface area contributed by atoms with Crippen molar-refractivity contribution in [3.05, 3.63) is 11.8 Å². The van der Waals surface area contributed by atoms with Gasteiger partial charge in [-0.25, -0.2) is 4.39 Å². The van der Waals surface area contributed by atoms with Crippen LogP contribution in [0, 0.1) is 0 Å². The van der Waals surface area contributed by atoms with Crippen LogP contribution in [-0.4, -0.2) is 82.5 Å². The lowest BCUT2D eigenvalue weighted by Gasteiger charge is -2.23. The van der Waals surface area contributed by atoms with Crippen LogP contribution in [0.25, 0.3) is 0 Å². The molecule has 1 atom stereocenters. The number of halogens is 1. The van der Waals surface area contributed by atoms with Gasteiger partial charge in [0.25, 0.3) is 0 Å². The third-order valence-electron chi connectivity index (χ3n) is 5.88. The Morgan fingerprint density at radius 1 is 1.00 bits per heavy atom. The third kappa shape index (κ3) is 4.26. The topological polar surface area (TPSA) is 89.1 Å². The van der Waals surface area contributed by atoms with Crippen LogP contribution in [0.2, 0.25) is 0 Å². The molecule has 3 fully saturated rings. The summed E-state index contributed by atoms with van der Waals surface area (Å²) in [7, 11) is 2.13. The van der Waals surface area contributed by atoms with E-state index < -0.39 is 6.17 Å². The molecule has 3 aliphatic rings. The highest BCUT2D eigenvalue weighted by atomic mass is 19.1. The average molecular weight is 401 g/mol. The minimum Gasteiger partial charge on any atom is -0.339 e. The number of H-pyrrole nitrogens is 1. The van der Waals surface area contributed by atoms with Crippen molar-refractivity contribution in [1.82, 2.24) is 30.0 Å². The van der Waals surface area contributed by atoms with Crippen molar-refractivity contribution < 1.29 is 4.39 Å². The number of nitrogens with one attached hydrogen (secondary N) is 2. The number of hydrogen-bond donors (Lipinski definition) is 2. The molecule has 2 aromatic heterocycles. The summed E-state index contributed by atoms with van der Waals surface area (Å²) in [5, 5.41) is 10.7. The van der Waals surface area contributed by atoms with Crippen LogP contribution in [0.4, 0.5) is 28.1 Å². The van der Waals surface area contributed by atoms with Crippen LogP contribution in [0.1, 0.15) is 37.3 Å². The summed E-state index contributed by atoms with van der Waals surface area (Å²) in [5.41, 5.74) is 1.15.